The molecule has 0 amide bonds. The van der Waals surface area contributed by atoms with E-state index in [0.717, 1.165) is 15.6 Å². The highest BCUT2D eigenvalue weighted by Gasteiger charge is 2.07. The Kier molecular flexibility index (Phi) is 3.15. The first-order valence-electron chi connectivity index (χ1n) is 4.91. The first-order valence-corrected chi connectivity index (χ1v) is 5.70. The molecule has 0 radical (unpaired) electrons. The molecule has 0 saturated heterocycles. The van der Waals surface area contributed by atoms with Crippen LogP contribution < -0.4 is 10.5 Å². The number of nitrogens with two attached hydrogens (primary N) is 1. The lowest BCUT2D eigenvalue weighted by Crippen LogP contribution is -1.94. The lowest BCUT2D eigenvalue weighted by atomic mass is 10.1. The summed E-state index contributed by atoms with van der Waals surface area (Å²) in [7, 11) is 1.61. The number of methoxy groups -OCH3 is 1. The third kappa shape index (κ3) is 2.04. The van der Waals surface area contributed by atoms with E-state index in [-0.39, 0.29) is 0 Å². The summed E-state index contributed by atoms with van der Waals surface area (Å²) < 4.78 is 6.06. The number of hydrogen-bond acceptors (Lipinski definition) is 2. The highest BCUT2D eigenvalue weighted by molar-refractivity contribution is 9.10. The average molecular weight is 278 g/mol. The van der Waals surface area contributed by atoms with E-state index in [0.29, 0.717) is 11.4 Å². The second-order valence-electron chi connectivity index (χ2n) is 3.45. The zero-order valence-corrected chi connectivity index (χ0v) is 10.5. The van der Waals surface area contributed by atoms with Gasteiger partial charge < -0.3 is 10.5 Å². The molecule has 0 aliphatic rings. The Balaban J connectivity index is 2.53. The van der Waals surface area contributed by atoms with E-state index in [1.54, 1.807) is 7.11 Å². The van der Waals surface area contributed by atoms with Crippen molar-refractivity contribution in [2.75, 3.05) is 12.8 Å². The highest BCUT2D eigenvalue weighted by Crippen LogP contribution is 2.35. The van der Waals surface area contributed by atoms with Gasteiger partial charge in [-0.15, -0.1) is 0 Å². The van der Waals surface area contributed by atoms with Crippen molar-refractivity contribution >= 4 is 21.6 Å². The Morgan fingerprint density at radius 3 is 2.31 bits per heavy atom. The smallest absolute Gasteiger partial charge is 0.155 e. The fourth-order valence-electron chi connectivity index (χ4n) is 1.63. The molecule has 0 unspecified atom stereocenters. The summed E-state index contributed by atoms with van der Waals surface area (Å²) in [5, 5.41) is 0. The fourth-order valence-corrected chi connectivity index (χ4v) is 2.26. The molecule has 0 aliphatic carbocycles. The average Bonchev–Trinajstić information content (AvgIpc) is 2.30. The molecule has 2 rings (SSSR count). The molecular formula is C13H12BrNO. The van der Waals surface area contributed by atoms with Gasteiger partial charge in [-0.2, -0.15) is 0 Å². The zero-order valence-electron chi connectivity index (χ0n) is 8.91. The van der Waals surface area contributed by atoms with Crippen LogP contribution in [-0.2, 0) is 0 Å². The van der Waals surface area contributed by atoms with Crippen molar-refractivity contribution in [3.63, 3.8) is 0 Å². The van der Waals surface area contributed by atoms with E-state index in [2.05, 4.69) is 15.9 Å². The maximum atomic E-state index is 5.92. The molecule has 3 heteroatoms. The molecule has 2 aromatic rings. The summed E-state index contributed by atoms with van der Waals surface area (Å²) in [6.07, 6.45) is 0. The molecule has 0 spiro atoms. The van der Waals surface area contributed by atoms with Crippen molar-refractivity contribution in [2.24, 2.45) is 0 Å². The molecule has 0 fully saturated rings. The minimum atomic E-state index is 0.635. The van der Waals surface area contributed by atoms with Crippen molar-refractivity contribution in [1.29, 1.82) is 0 Å². The number of nitrogen functional groups attached to an aromatic ring is 1. The van der Waals surface area contributed by atoms with Gasteiger partial charge in [-0.1, -0.05) is 30.3 Å². The first-order chi connectivity index (χ1) is 7.72. The predicted molar refractivity (Wildman–Crippen MR) is 70.5 cm³/mol. The standard InChI is InChI=1S/C13H12BrNO/c1-16-13-11(14)7-10(8-12(13)15)9-5-3-2-4-6-9/h2-8H,15H2,1H3. The lowest BCUT2D eigenvalue weighted by Gasteiger charge is -2.10. The Hall–Kier alpha value is -1.48. The van der Waals surface area contributed by atoms with Gasteiger partial charge >= 0.3 is 0 Å². The van der Waals surface area contributed by atoms with E-state index in [1.807, 2.05) is 42.5 Å². The molecule has 0 saturated carbocycles. The largest absolute Gasteiger partial charge is 0.493 e. The van der Waals surface area contributed by atoms with Gasteiger partial charge in [0.15, 0.2) is 5.75 Å². The van der Waals surface area contributed by atoms with Gasteiger partial charge in [0.2, 0.25) is 0 Å². The van der Waals surface area contributed by atoms with E-state index in [1.165, 1.54) is 0 Å². The maximum absolute atomic E-state index is 5.92. The Morgan fingerprint density at radius 1 is 1.06 bits per heavy atom. The third-order valence-corrected chi connectivity index (χ3v) is 2.97. The second kappa shape index (κ2) is 4.58. The first kappa shape index (κ1) is 11.0. The summed E-state index contributed by atoms with van der Waals surface area (Å²) in [5.74, 6) is 0.680. The van der Waals surface area contributed by atoms with Crippen LogP contribution in [0.25, 0.3) is 11.1 Å². The zero-order chi connectivity index (χ0) is 11.5. The van der Waals surface area contributed by atoms with Crippen LogP contribution in [0.15, 0.2) is 46.9 Å². The molecule has 2 N–H and O–H groups in total. The van der Waals surface area contributed by atoms with Crippen LogP contribution in [0.4, 0.5) is 5.69 Å². The molecule has 0 aromatic heterocycles. The van der Waals surface area contributed by atoms with Crippen LogP contribution in [0.1, 0.15) is 0 Å². The van der Waals surface area contributed by atoms with Crippen LogP contribution in [0.5, 0.6) is 5.75 Å². The Labute approximate surface area is 103 Å². The number of anilines is 1. The highest BCUT2D eigenvalue weighted by atomic mass is 79.9. The van der Waals surface area contributed by atoms with Gasteiger partial charge in [0.25, 0.3) is 0 Å². The predicted octanol–water partition coefficient (Wildman–Crippen LogP) is 3.71. The molecule has 0 atom stereocenters. The minimum absolute atomic E-state index is 0.635. The van der Waals surface area contributed by atoms with Crippen molar-refractivity contribution in [1.82, 2.24) is 0 Å². The van der Waals surface area contributed by atoms with Gasteiger partial charge in [0.1, 0.15) is 0 Å². The molecule has 82 valence electrons. The summed E-state index contributed by atoms with van der Waals surface area (Å²) in [5.41, 5.74) is 8.76. The molecular weight excluding hydrogens is 266 g/mol. The third-order valence-electron chi connectivity index (χ3n) is 2.38. The molecule has 0 aliphatic heterocycles. The summed E-state index contributed by atoms with van der Waals surface area (Å²) in [6.45, 7) is 0. The molecule has 2 aromatic carbocycles. The van der Waals surface area contributed by atoms with Gasteiger partial charge in [0.05, 0.1) is 17.3 Å². The molecule has 2 nitrogen and oxygen atoms in total. The molecule has 0 bridgehead atoms. The number of rotatable bonds is 2. The second-order valence-corrected chi connectivity index (χ2v) is 4.30. The summed E-state index contributed by atoms with van der Waals surface area (Å²) in [4.78, 5) is 0. The Bertz CT molecular complexity index is 474. The van der Waals surface area contributed by atoms with Gasteiger partial charge in [-0.25, -0.2) is 0 Å². The maximum Gasteiger partial charge on any atom is 0.155 e. The quantitative estimate of drug-likeness (QED) is 0.850. The van der Waals surface area contributed by atoms with Gasteiger partial charge in [-0.05, 0) is 39.2 Å². The van der Waals surface area contributed by atoms with Crippen molar-refractivity contribution in [3.05, 3.63) is 46.9 Å². The van der Waals surface area contributed by atoms with E-state index >= 15 is 0 Å². The monoisotopic (exact) mass is 277 g/mol. The van der Waals surface area contributed by atoms with Gasteiger partial charge in [0, 0.05) is 0 Å². The topological polar surface area (TPSA) is 35.2 Å². The van der Waals surface area contributed by atoms with Crippen molar-refractivity contribution in [2.45, 2.75) is 0 Å². The van der Waals surface area contributed by atoms with Crippen molar-refractivity contribution < 1.29 is 4.74 Å². The van der Waals surface area contributed by atoms with Crippen molar-refractivity contribution in [3.8, 4) is 16.9 Å². The van der Waals surface area contributed by atoms with Crippen LogP contribution in [0, 0.1) is 0 Å². The van der Waals surface area contributed by atoms with E-state index < -0.39 is 0 Å². The fraction of sp³-hybridized carbons (Fsp3) is 0.0769. The summed E-state index contributed by atoms with van der Waals surface area (Å²) in [6, 6.07) is 14.0. The van der Waals surface area contributed by atoms with Crippen LogP contribution in [0.2, 0.25) is 0 Å². The number of ether oxygens (including phenoxy) is 1. The van der Waals surface area contributed by atoms with E-state index in [4.69, 9.17) is 10.5 Å². The van der Waals surface area contributed by atoms with Gasteiger partial charge in [-0.3, -0.25) is 0 Å². The van der Waals surface area contributed by atoms with Crippen LogP contribution >= 0.6 is 15.9 Å². The SMILES string of the molecule is COc1c(N)cc(-c2ccccc2)cc1Br. The van der Waals surface area contributed by atoms with E-state index in [9.17, 15) is 0 Å². The summed E-state index contributed by atoms with van der Waals surface area (Å²) >= 11 is 3.45. The number of hydrogen-bond donors (Lipinski definition) is 1. The number of halogens is 1. The lowest BCUT2D eigenvalue weighted by molar-refractivity contribution is 0.414. The molecule has 16 heavy (non-hydrogen) atoms. The van der Waals surface area contributed by atoms with Crippen LogP contribution in [0.3, 0.4) is 0 Å². The van der Waals surface area contributed by atoms with Crippen LogP contribution in [-0.4, -0.2) is 7.11 Å². The number of benzene rings is 2. The minimum Gasteiger partial charge on any atom is -0.493 e. The molecule has 0 heterocycles. The Morgan fingerprint density at radius 2 is 1.75 bits per heavy atom. The normalized spacial score (nSPS) is 10.1.